The number of carbonyl (C=O) groups is 1. The standard InChI is InChI=1S/C19H16N2O3/c22-17-14(11-13-3-1-2-4-16(13)21-17)12-24-18(23)19(7-8-19)15-5-9-20-10-6-15/h1-6,9-11H,7-8,12H2,(H,21,22). The third kappa shape index (κ3) is 2.48. The molecule has 5 nitrogen and oxygen atoms in total. The fourth-order valence-corrected chi connectivity index (χ4v) is 2.99. The highest BCUT2D eigenvalue weighted by atomic mass is 16.5. The van der Waals surface area contributed by atoms with Crippen LogP contribution in [0, 0.1) is 0 Å². The third-order valence-electron chi connectivity index (χ3n) is 4.56. The molecule has 0 radical (unpaired) electrons. The lowest BCUT2D eigenvalue weighted by Crippen LogP contribution is -2.24. The van der Waals surface area contributed by atoms with Gasteiger partial charge in [0, 0.05) is 17.9 Å². The summed E-state index contributed by atoms with van der Waals surface area (Å²) in [4.78, 5) is 31.4. The molecule has 3 aromatic rings. The Hall–Kier alpha value is -2.95. The topological polar surface area (TPSA) is 72.1 Å². The van der Waals surface area contributed by atoms with Crippen LogP contribution in [0.15, 0.2) is 59.7 Å². The smallest absolute Gasteiger partial charge is 0.316 e. The zero-order valence-corrected chi connectivity index (χ0v) is 13.0. The highest BCUT2D eigenvalue weighted by Gasteiger charge is 2.52. The van der Waals surface area contributed by atoms with Crippen LogP contribution < -0.4 is 5.56 Å². The molecule has 2 aromatic heterocycles. The van der Waals surface area contributed by atoms with Crippen LogP contribution in [0.25, 0.3) is 10.9 Å². The van der Waals surface area contributed by atoms with E-state index in [1.54, 1.807) is 18.5 Å². The van der Waals surface area contributed by atoms with Gasteiger partial charge in [-0.3, -0.25) is 14.6 Å². The Kier molecular flexibility index (Phi) is 3.41. The monoisotopic (exact) mass is 320 g/mol. The minimum absolute atomic E-state index is 0.0220. The summed E-state index contributed by atoms with van der Waals surface area (Å²) in [5.41, 5.74) is 1.36. The van der Waals surface area contributed by atoms with E-state index in [9.17, 15) is 9.59 Å². The molecular weight excluding hydrogens is 304 g/mol. The molecule has 24 heavy (non-hydrogen) atoms. The minimum Gasteiger partial charge on any atom is -0.460 e. The molecular formula is C19H16N2O3. The molecule has 0 unspecified atom stereocenters. The Bertz CT molecular complexity index is 959. The van der Waals surface area contributed by atoms with Crippen LogP contribution in [0.2, 0.25) is 0 Å². The predicted molar refractivity (Wildman–Crippen MR) is 89.5 cm³/mol. The van der Waals surface area contributed by atoms with Crippen LogP contribution in [0.5, 0.6) is 0 Å². The maximum Gasteiger partial charge on any atom is 0.316 e. The van der Waals surface area contributed by atoms with Gasteiger partial charge in [0.2, 0.25) is 0 Å². The van der Waals surface area contributed by atoms with Gasteiger partial charge in [0.25, 0.3) is 5.56 Å². The number of hydrogen-bond donors (Lipinski definition) is 1. The molecule has 0 amide bonds. The molecule has 5 heteroatoms. The number of para-hydroxylation sites is 1. The van der Waals surface area contributed by atoms with Crippen molar-refractivity contribution in [2.24, 2.45) is 0 Å². The number of H-pyrrole nitrogens is 1. The Morgan fingerprint density at radius 2 is 1.92 bits per heavy atom. The molecule has 1 saturated carbocycles. The van der Waals surface area contributed by atoms with Crippen molar-refractivity contribution in [3.8, 4) is 0 Å². The average molecular weight is 320 g/mol. The fourth-order valence-electron chi connectivity index (χ4n) is 2.99. The van der Waals surface area contributed by atoms with Crippen molar-refractivity contribution in [2.75, 3.05) is 0 Å². The van der Waals surface area contributed by atoms with Crippen molar-refractivity contribution in [3.63, 3.8) is 0 Å². The lowest BCUT2D eigenvalue weighted by Gasteiger charge is -2.14. The van der Waals surface area contributed by atoms with Gasteiger partial charge in [-0.2, -0.15) is 0 Å². The molecule has 1 aliphatic carbocycles. The zero-order valence-electron chi connectivity index (χ0n) is 13.0. The number of carbonyl (C=O) groups excluding carboxylic acids is 1. The van der Waals surface area contributed by atoms with E-state index < -0.39 is 5.41 Å². The zero-order chi connectivity index (χ0) is 16.6. The lowest BCUT2D eigenvalue weighted by molar-refractivity contribution is -0.148. The Labute approximate surface area is 138 Å². The number of fused-ring (bicyclic) bond motifs is 1. The van der Waals surface area contributed by atoms with Gasteiger partial charge in [0.05, 0.1) is 11.0 Å². The second-order valence-corrected chi connectivity index (χ2v) is 6.11. The number of hydrogen-bond acceptors (Lipinski definition) is 4. The van der Waals surface area contributed by atoms with E-state index in [0.717, 1.165) is 29.3 Å². The predicted octanol–water partition coefficient (Wildman–Crippen LogP) is 2.70. The first-order valence-electron chi connectivity index (χ1n) is 7.88. The van der Waals surface area contributed by atoms with Gasteiger partial charge in [-0.25, -0.2) is 0 Å². The first kappa shape index (κ1) is 14.6. The summed E-state index contributed by atoms with van der Waals surface area (Å²) in [6, 6.07) is 13.0. The van der Waals surface area contributed by atoms with E-state index in [4.69, 9.17) is 4.74 Å². The van der Waals surface area contributed by atoms with Gasteiger partial charge in [0.15, 0.2) is 0 Å². The molecule has 1 fully saturated rings. The number of aromatic amines is 1. The van der Waals surface area contributed by atoms with Crippen LogP contribution >= 0.6 is 0 Å². The Morgan fingerprint density at radius 3 is 2.67 bits per heavy atom. The second kappa shape index (κ2) is 5.60. The quantitative estimate of drug-likeness (QED) is 0.750. The first-order chi connectivity index (χ1) is 11.7. The second-order valence-electron chi connectivity index (χ2n) is 6.11. The average Bonchev–Trinajstić information content (AvgIpc) is 3.42. The molecule has 120 valence electrons. The van der Waals surface area contributed by atoms with E-state index in [1.807, 2.05) is 36.4 Å². The molecule has 0 atom stereocenters. The normalized spacial score (nSPS) is 15.2. The summed E-state index contributed by atoms with van der Waals surface area (Å²) in [5, 5.41) is 0.915. The van der Waals surface area contributed by atoms with E-state index in [1.165, 1.54) is 0 Å². The van der Waals surface area contributed by atoms with Gasteiger partial charge in [0.1, 0.15) is 6.61 Å². The van der Waals surface area contributed by atoms with Crippen LogP contribution in [-0.2, 0) is 21.6 Å². The summed E-state index contributed by atoms with van der Waals surface area (Å²) in [6.45, 7) is -0.0220. The van der Waals surface area contributed by atoms with Gasteiger partial charge >= 0.3 is 5.97 Å². The number of ether oxygens (including phenoxy) is 1. The van der Waals surface area contributed by atoms with E-state index in [0.29, 0.717) is 5.56 Å². The summed E-state index contributed by atoms with van der Waals surface area (Å²) in [7, 11) is 0. The van der Waals surface area contributed by atoms with Crippen molar-refractivity contribution in [1.82, 2.24) is 9.97 Å². The SMILES string of the molecule is O=C(OCc1cc2ccccc2[nH]c1=O)C1(c2ccncc2)CC1. The highest BCUT2D eigenvalue weighted by Crippen LogP contribution is 2.49. The van der Waals surface area contributed by atoms with E-state index in [-0.39, 0.29) is 18.1 Å². The molecule has 4 rings (SSSR count). The summed E-state index contributed by atoms with van der Waals surface area (Å²) in [6.07, 6.45) is 4.89. The third-order valence-corrected chi connectivity index (χ3v) is 4.56. The maximum absolute atomic E-state index is 12.5. The number of nitrogens with one attached hydrogen (secondary N) is 1. The first-order valence-corrected chi connectivity index (χ1v) is 7.88. The molecule has 1 aliphatic rings. The molecule has 2 heterocycles. The van der Waals surface area contributed by atoms with Crippen LogP contribution in [0.3, 0.4) is 0 Å². The molecule has 0 aliphatic heterocycles. The van der Waals surface area contributed by atoms with Crippen molar-refractivity contribution in [2.45, 2.75) is 24.9 Å². The fraction of sp³-hybridized carbons (Fsp3) is 0.211. The largest absolute Gasteiger partial charge is 0.460 e. The molecule has 0 spiro atoms. The Morgan fingerprint density at radius 1 is 1.17 bits per heavy atom. The van der Waals surface area contributed by atoms with Gasteiger partial charge < -0.3 is 9.72 Å². The summed E-state index contributed by atoms with van der Waals surface area (Å²) < 4.78 is 5.46. The van der Waals surface area contributed by atoms with Crippen molar-refractivity contribution in [1.29, 1.82) is 0 Å². The lowest BCUT2D eigenvalue weighted by atomic mass is 9.97. The van der Waals surface area contributed by atoms with E-state index in [2.05, 4.69) is 9.97 Å². The van der Waals surface area contributed by atoms with Crippen LogP contribution in [0.1, 0.15) is 24.0 Å². The van der Waals surface area contributed by atoms with Crippen LogP contribution in [0.4, 0.5) is 0 Å². The Balaban J connectivity index is 1.54. The highest BCUT2D eigenvalue weighted by molar-refractivity contribution is 5.86. The number of benzene rings is 1. The van der Waals surface area contributed by atoms with Crippen molar-refractivity contribution in [3.05, 3.63) is 76.3 Å². The van der Waals surface area contributed by atoms with Crippen LogP contribution in [-0.4, -0.2) is 15.9 Å². The number of esters is 1. The van der Waals surface area contributed by atoms with Crippen molar-refractivity contribution < 1.29 is 9.53 Å². The van der Waals surface area contributed by atoms with Gasteiger partial charge in [-0.15, -0.1) is 0 Å². The van der Waals surface area contributed by atoms with Gasteiger partial charge in [-0.05, 0) is 48.1 Å². The summed E-state index contributed by atoms with van der Waals surface area (Å²) >= 11 is 0. The number of rotatable bonds is 4. The number of aromatic nitrogens is 2. The molecule has 0 saturated heterocycles. The number of nitrogens with zero attached hydrogens (tertiary/aromatic N) is 1. The summed E-state index contributed by atoms with van der Waals surface area (Å²) in [5.74, 6) is -0.277. The maximum atomic E-state index is 12.5. The molecule has 0 bridgehead atoms. The molecule has 1 aromatic carbocycles. The molecule has 1 N–H and O–H groups in total. The van der Waals surface area contributed by atoms with E-state index >= 15 is 0 Å². The number of pyridine rings is 2. The minimum atomic E-state index is -0.563. The van der Waals surface area contributed by atoms with Crippen molar-refractivity contribution >= 4 is 16.9 Å². The van der Waals surface area contributed by atoms with Gasteiger partial charge in [-0.1, -0.05) is 18.2 Å².